The first-order valence-electron chi connectivity index (χ1n) is 5.56. The summed E-state index contributed by atoms with van der Waals surface area (Å²) in [6.07, 6.45) is 5.04. The average molecular weight is 222 g/mol. The molecule has 0 bridgehead atoms. The Kier molecular flexibility index (Phi) is 3.25. The van der Waals surface area contributed by atoms with Crippen molar-refractivity contribution in [3.63, 3.8) is 0 Å². The van der Waals surface area contributed by atoms with Crippen LogP contribution in [0.1, 0.15) is 38.2 Å². The average Bonchev–Trinajstić information content (AvgIpc) is 3.01. The Balaban J connectivity index is 2.34. The molecular formula is C13H18OS. The number of hydrogen-bond acceptors (Lipinski definition) is 2. The van der Waals surface area contributed by atoms with Crippen molar-refractivity contribution < 1.29 is 4.74 Å². The summed E-state index contributed by atoms with van der Waals surface area (Å²) in [5.41, 5.74) is 1.34. The van der Waals surface area contributed by atoms with Gasteiger partial charge < -0.3 is 4.74 Å². The van der Waals surface area contributed by atoms with Gasteiger partial charge in [0, 0.05) is 4.90 Å². The lowest BCUT2D eigenvalue weighted by Crippen LogP contribution is -2.02. The standard InChI is InChI=1S/C13H18OS/c1-9(2)11-5-4-6-12(15-3)13(11)14-10-7-8-10/h4-6,9-10H,7-8H2,1-3H3. The molecule has 2 rings (SSSR count). The third kappa shape index (κ3) is 2.49. The van der Waals surface area contributed by atoms with Gasteiger partial charge >= 0.3 is 0 Å². The predicted octanol–water partition coefficient (Wildman–Crippen LogP) is 4.07. The Hall–Kier alpha value is -0.630. The number of para-hydroxylation sites is 1. The van der Waals surface area contributed by atoms with Crippen LogP contribution in [-0.2, 0) is 0 Å². The van der Waals surface area contributed by atoms with Crippen LogP contribution in [0.5, 0.6) is 5.75 Å². The zero-order valence-corrected chi connectivity index (χ0v) is 10.4. The highest BCUT2D eigenvalue weighted by Gasteiger charge is 2.26. The summed E-state index contributed by atoms with van der Waals surface area (Å²) in [7, 11) is 0. The molecule has 0 amide bonds. The van der Waals surface area contributed by atoms with E-state index in [0.717, 1.165) is 5.75 Å². The number of benzene rings is 1. The van der Waals surface area contributed by atoms with Gasteiger partial charge in [-0.15, -0.1) is 11.8 Å². The van der Waals surface area contributed by atoms with E-state index in [2.05, 4.69) is 38.3 Å². The molecule has 0 heterocycles. The zero-order chi connectivity index (χ0) is 10.8. The molecule has 2 heteroatoms. The minimum atomic E-state index is 0.482. The van der Waals surface area contributed by atoms with E-state index in [1.807, 2.05) is 0 Å². The Morgan fingerprint density at radius 2 is 2.07 bits per heavy atom. The fourth-order valence-corrected chi connectivity index (χ4v) is 2.19. The molecule has 1 saturated carbocycles. The molecule has 0 spiro atoms. The number of rotatable bonds is 4. The Bertz CT molecular complexity index is 342. The van der Waals surface area contributed by atoms with Crippen LogP contribution in [0, 0.1) is 0 Å². The summed E-state index contributed by atoms with van der Waals surface area (Å²) < 4.78 is 6.02. The first-order valence-corrected chi connectivity index (χ1v) is 6.78. The van der Waals surface area contributed by atoms with Gasteiger partial charge in [-0.1, -0.05) is 26.0 Å². The van der Waals surface area contributed by atoms with Gasteiger partial charge in [-0.3, -0.25) is 0 Å². The highest BCUT2D eigenvalue weighted by Crippen LogP contribution is 2.38. The van der Waals surface area contributed by atoms with Crippen molar-refractivity contribution in [2.45, 2.75) is 43.6 Å². The first kappa shape index (κ1) is 10.9. The van der Waals surface area contributed by atoms with Crippen molar-refractivity contribution >= 4 is 11.8 Å². The fourth-order valence-electron chi connectivity index (χ4n) is 1.63. The van der Waals surface area contributed by atoms with Gasteiger partial charge in [0.25, 0.3) is 0 Å². The van der Waals surface area contributed by atoms with Crippen LogP contribution < -0.4 is 4.74 Å². The molecule has 0 aromatic heterocycles. The molecule has 0 atom stereocenters. The second-order valence-corrected chi connectivity index (χ2v) is 5.20. The van der Waals surface area contributed by atoms with Crippen molar-refractivity contribution in [1.29, 1.82) is 0 Å². The molecule has 1 fully saturated rings. The molecule has 0 aliphatic heterocycles. The molecule has 1 nitrogen and oxygen atoms in total. The predicted molar refractivity (Wildman–Crippen MR) is 66.0 cm³/mol. The molecule has 82 valence electrons. The Labute approximate surface area is 96.2 Å². The van der Waals surface area contributed by atoms with Crippen LogP contribution in [0.25, 0.3) is 0 Å². The lowest BCUT2D eigenvalue weighted by Gasteiger charge is -2.16. The molecular weight excluding hydrogens is 204 g/mol. The van der Waals surface area contributed by atoms with Crippen molar-refractivity contribution in [2.24, 2.45) is 0 Å². The topological polar surface area (TPSA) is 9.23 Å². The molecule has 0 unspecified atom stereocenters. The Morgan fingerprint density at radius 1 is 1.33 bits per heavy atom. The minimum absolute atomic E-state index is 0.482. The fraction of sp³-hybridized carbons (Fsp3) is 0.538. The van der Waals surface area contributed by atoms with Gasteiger partial charge in [0.15, 0.2) is 0 Å². The van der Waals surface area contributed by atoms with Gasteiger partial charge in [0.2, 0.25) is 0 Å². The highest BCUT2D eigenvalue weighted by molar-refractivity contribution is 7.98. The second-order valence-electron chi connectivity index (χ2n) is 4.35. The van der Waals surface area contributed by atoms with Gasteiger partial charge in [0.1, 0.15) is 5.75 Å². The first-order chi connectivity index (χ1) is 7.22. The third-order valence-corrected chi connectivity index (χ3v) is 3.42. The monoisotopic (exact) mass is 222 g/mol. The van der Waals surface area contributed by atoms with E-state index in [1.165, 1.54) is 23.3 Å². The second kappa shape index (κ2) is 4.48. The zero-order valence-electron chi connectivity index (χ0n) is 9.62. The van der Waals surface area contributed by atoms with Crippen molar-refractivity contribution in [1.82, 2.24) is 0 Å². The molecule has 0 radical (unpaired) electrons. The maximum Gasteiger partial charge on any atom is 0.136 e. The van der Waals surface area contributed by atoms with Crippen molar-refractivity contribution in [2.75, 3.05) is 6.26 Å². The van der Waals surface area contributed by atoms with E-state index in [0.29, 0.717) is 12.0 Å². The number of thioether (sulfide) groups is 1. The van der Waals surface area contributed by atoms with Crippen molar-refractivity contribution in [3.8, 4) is 5.75 Å². The number of ether oxygens (including phenoxy) is 1. The van der Waals surface area contributed by atoms with Gasteiger partial charge in [-0.05, 0) is 36.6 Å². The van der Waals surface area contributed by atoms with E-state index in [9.17, 15) is 0 Å². The van der Waals surface area contributed by atoms with Crippen LogP contribution in [0.3, 0.4) is 0 Å². The third-order valence-electron chi connectivity index (χ3n) is 2.66. The normalized spacial score (nSPS) is 15.7. The summed E-state index contributed by atoms with van der Waals surface area (Å²) in [6.45, 7) is 4.44. The van der Waals surface area contributed by atoms with Gasteiger partial charge in [0.05, 0.1) is 6.10 Å². The summed E-state index contributed by atoms with van der Waals surface area (Å²) in [5, 5.41) is 0. The SMILES string of the molecule is CSc1cccc(C(C)C)c1OC1CC1. The van der Waals surface area contributed by atoms with E-state index < -0.39 is 0 Å². The summed E-state index contributed by atoms with van der Waals surface area (Å²) in [5.74, 6) is 1.66. The lowest BCUT2D eigenvalue weighted by molar-refractivity contribution is 0.291. The van der Waals surface area contributed by atoms with Crippen LogP contribution in [-0.4, -0.2) is 12.4 Å². The molecule has 1 aliphatic carbocycles. The van der Waals surface area contributed by atoms with Crippen molar-refractivity contribution in [3.05, 3.63) is 23.8 Å². The van der Waals surface area contributed by atoms with Gasteiger partial charge in [-0.25, -0.2) is 0 Å². The summed E-state index contributed by atoms with van der Waals surface area (Å²) in [6, 6.07) is 6.46. The van der Waals surface area contributed by atoms with Crippen LogP contribution >= 0.6 is 11.8 Å². The molecule has 1 aromatic carbocycles. The van der Waals surface area contributed by atoms with Crippen LogP contribution in [0.4, 0.5) is 0 Å². The molecule has 1 aromatic rings. The van der Waals surface area contributed by atoms with E-state index in [1.54, 1.807) is 11.8 Å². The molecule has 1 aliphatic rings. The largest absolute Gasteiger partial charge is 0.489 e. The maximum atomic E-state index is 6.02. The molecule has 0 saturated heterocycles. The quantitative estimate of drug-likeness (QED) is 0.710. The van der Waals surface area contributed by atoms with Crippen LogP contribution in [0.2, 0.25) is 0 Å². The van der Waals surface area contributed by atoms with E-state index >= 15 is 0 Å². The maximum absolute atomic E-state index is 6.02. The summed E-state index contributed by atoms with van der Waals surface area (Å²) >= 11 is 1.77. The molecule has 0 N–H and O–H groups in total. The molecule has 15 heavy (non-hydrogen) atoms. The summed E-state index contributed by atoms with van der Waals surface area (Å²) in [4.78, 5) is 1.27. The van der Waals surface area contributed by atoms with E-state index in [-0.39, 0.29) is 0 Å². The minimum Gasteiger partial charge on any atom is -0.489 e. The Morgan fingerprint density at radius 3 is 2.60 bits per heavy atom. The van der Waals surface area contributed by atoms with Gasteiger partial charge in [-0.2, -0.15) is 0 Å². The highest BCUT2D eigenvalue weighted by atomic mass is 32.2. The smallest absolute Gasteiger partial charge is 0.136 e. The number of hydrogen-bond donors (Lipinski definition) is 0. The van der Waals surface area contributed by atoms with E-state index in [4.69, 9.17) is 4.74 Å². The van der Waals surface area contributed by atoms with Crippen LogP contribution in [0.15, 0.2) is 23.1 Å². The lowest BCUT2D eigenvalue weighted by atomic mass is 10.0.